The molecule has 0 radical (unpaired) electrons. The van der Waals surface area contributed by atoms with Gasteiger partial charge in [-0.15, -0.1) is 24.0 Å². The normalized spacial score (nSPS) is 18.2. The molecular weight excluding hydrogens is 407 g/mol. The van der Waals surface area contributed by atoms with Crippen LogP contribution in [-0.2, 0) is 11.3 Å². The monoisotopic (exact) mass is 434 g/mol. The quantitative estimate of drug-likeness (QED) is 0.451. The molecule has 0 spiro atoms. The fraction of sp³-hybridized carbons (Fsp3) is 0.625. The van der Waals surface area contributed by atoms with E-state index in [2.05, 4.69) is 38.0 Å². The van der Waals surface area contributed by atoms with Crippen LogP contribution in [0, 0.1) is 0 Å². The van der Waals surface area contributed by atoms with Gasteiger partial charge in [0.25, 0.3) is 0 Å². The molecule has 23 heavy (non-hydrogen) atoms. The third-order valence-corrected chi connectivity index (χ3v) is 3.85. The van der Waals surface area contributed by atoms with Gasteiger partial charge < -0.3 is 19.5 Å². The van der Waals surface area contributed by atoms with Crippen LogP contribution in [0.3, 0.4) is 0 Å². The maximum Gasteiger partial charge on any atom is 0.242 e. The van der Waals surface area contributed by atoms with Crippen molar-refractivity contribution in [1.29, 1.82) is 0 Å². The predicted molar refractivity (Wildman–Crippen MR) is 102 cm³/mol. The van der Waals surface area contributed by atoms with Crippen LogP contribution < -0.4 is 5.32 Å². The average Bonchev–Trinajstić information content (AvgIpc) is 2.90. The van der Waals surface area contributed by atoms with Gasteiger partial charge in [0, 0.05) is 19.6 Å². The summed E-state index contributed by atoms with van der Waals surface area (Å²) in [5.74, 6) is 1.70. The van der Waals surface area contributed by atoms with Crippen LogP contribution in [-0.4, -0.2) is 53.4 Å². The van der Waals surface area contributed by atoms with E-state index in [4.69, 9.17) is 4.42 Å². The fourth-order valence-corrected chi connectivity index (χ4v) is 3.22. The summed E-state index contributed by atoms with van der Waals surface area (Å²) in [4.78, 5) is 20.8. The Morgan fingerprint density at radius 1 is 1.48 bits per heavy atom. The van der Waals surface area contributed by atoms with Gasteiger partial charge in [0.1, 0.15) is 5.76 Å². The zero-order chi connectivity index (χ0) is 16.3. The molecule has 1 saturated heterocycles. The summed E-state index contributed by atoms with van der Waals surface area (Å²) in [5, 5.41) is 3.26. The molecule has 2 rings (SSSR count). The molecule has 1 N–H and O–H groups in total. The van der Waals surface area contributed by atoms with Gasteiger partial charge in [-0.2, -0.15) is 0 Å². The van der Waals surface area contributed by atoms with E-state index < -0.39 is 0 Å². The minimum absolute atomic E-state index is 0. The zero-order valence-electron chi connectivity index (χ0n) is 14.5. The largest absolute Gasteiger partial charge is 0.467 e. The number of amides is 1. The fourth-order valence-electron chi connectivity index (χ4n) is 3.22. The first-order chi connectivity index (χ1) is 10.3. The molecule has 1 aromatic rings. The molecule has 130 valence electrons. The molecule has 1 aromatic heterocycles. The Kier molecular flexibility index (Phi) is 6.91. The van der Waals surface area contributed by atoms with Crippen LogP contribution in [0.4, 0.5) is 0 Å². The lowest BCUT2D eigenvalue weighted by atomic mass is 9.96. The van der Waals surface area contributed by atoms with Crippen LogP contribution in [0.2, 0.25) is 0 Å². The number of hydrogen-bond donors (Lipinski definition) is 1. The zero-order valence-corrected chi connectivity index (χ0v) is 16.8. The average molecular weight is 434 g/mol. The number of nitrogens with one attached hydrogen (secondary N) is 1. The second-order valence-electron chi connectivity index (χ2n) is 6.51. The SMILES string of the molecule is CN=C(NCc1ccco1)N1CC(=O)N(C(C)C)C(C)(C)C1.I. The van der Waals surface area contributed by atoms with Gasteiger partial charge in [0.15, 0.2) is 5.96 Å². The lowest BCUT2D eigenvalue weighted by Crippen LogP contribution is -2.66. The number of aliphatic imine (C=N–C) groups is 1. The minimum atomic E-state index is -0.230. The number of hydrogen-bond acceptors (Lipinski definition) is 3. The first kappa shape index (κ1) is 19.8. The van der Waals surface area contributed by atoms with Crippen molar-refractivity contribution in [1.82, 2.24) is 15.1 Å². The van der Waals surface area contributed by atoms with Crippen LogP contribution in [0.25, 0.3) is 0 Å². The molecule has 0 atom stereocenters. The first-order valence-corrected chi connectivity index (χ1v) is 7.65. The Labute approximate surface area is 155 Å². The lowest BCUT2D eigenvalue weighted by Gasteiger charge is -2.49. The highest BCUT2D eigenvalue weighted by Crippen LogP contribution is 2.24. The second-order valence-corrected chi connectivity index (χ2v) is 6.51. The van der Waals surface area contributed by atoms with E-state index in [-0.39, 0.29) is 41.5 Å². The Bertz CT molecular complexity index is 540. The van der Waals surface area contributed by atoms with E-state index in [1.807, 2.05) is 21.9 Å². The van der Waals surface area contributed by atoms with Gasteiger partial charge in [-0.1, -0.05) is 0 Å². The van der Waals surface area contributed by atoms with E-state index in [9.17, 15) is 4.79 Å². The van der Waals surface area contributed by atoms with Crippen molar-refractivity contribution in [3.05, 3.63) is 24.2 Å². The van der Waals surface area contributed by atoms with E-state index in [1.54, 1.807) is 13.3 Å². The standard InChI is InChI=1S/C16H26N4O2.HI/c1-12(2)20-14(21)10-19(11-16(20,3)4)15(17-5)18-9-13-7-6-8-22-13;/h6-8,12H,9-11H2,1-5H3,(H,17,18);1H. The number of carbonyl (C=O) groups is 1. The van der Waals surface area contributed by atoms with Gasteiger partial charge in [0.2, 0.25) is 5.91 Å². The van der Waals surface area contributed by atoms with Crippen molar-refractivity contribution in [3.63, 3.8) is 0 Å². The predicted octanol–water partition coefficient (Wildman–Crippen LogP) is 2.30. The molecule has 0 aromatic carbocycles. The van der Waals surface area contributed by atoms with Crippen molar-refractivity contribution in [3.8, 4) is 0 Å². The highest BCUT2D eigenvalue weighted by molar-refractivity contribution is 14.0. The van der Waals surface area contributed by atoms with E-state index in [1.165, 1.54) is 0 Å². The highest BCUT2D eigenvalue weighted by atomic mass is 127. The van der Waals surface area contributed by atoms with Crippen molar-refractivity contribution in [2.45, 2.75) is 45.8 Å². The molecule has 6 nitrogen and oxygen atoms in total. The molecule has 1 aliphatic heterocycles. The van der Waals surface area contributed by atoms with E-state index >= 15 is 0 Å². The summed E-state index contributed by atoms with van der Waals surface area (Å²) >= 11 is 0. The van der Waals surface area contributed by atoms with Gasteiger partial charge >= 0.3 is 0 Å². The number of piperazine rings is 1. The van der Waals surface area contributed by atoms with Gasteiger partial charge in [-0.3, -0.25) is 9.79 Å². The lowest BCUT2D eigenvalue weighted by molar-refractivity contribution is -0.145. The molecule has 1 aliphatic rings. The van der Waals surface area contributed by atoms with E-state index in [0.29, 0.717) is 13.1 Å². The van der Waals surface area contributed by atoms with Crippen LogP contribution in [0.5, 0.6) is 0 Å². The van der Waals surface area contributed by atoms with Crippen LogP contribution in [0.1, 0.15) is 33.5 Å². The molecule has 1 amide bonds. The molecule has 1 fully saturated rings. The Morgan fingerprint density at radius 2 is 2.17 bits per heavy atom. The summed E-state index contributed by atoms with van der Waals surface area (Å²) in [6.45, 7) is 9.94. The highest BCUT2D eigenvalue weighted by Gasteiger charge is 2.40. The molecule has 2 heterocycles. The van der Waals surface area contributed by atoms with Crippen molar-refractivity contribution < 1.29 is 9.21 Å². The number of furan rings is 1. The second kappa shape index (κ2) is 8.03. The summed E-state index contributed by atoms with van der Waals surface area (Å²) in [7, 11) is 1.73. The number of nitrogens with zero attached hydrogens (tertiary/aromatic N) is 3. The molecule has 0 saturated carbocycles. The van der Waals surface area contributed by atoms with Crippen LogP contribution >= 0.6 is 24.0 Å². The van der Waals surface area contributed by atoms with Crippen molar-refractivity contribution in [2.24, 2.45) is 4.99 Å². The van der Waals surface area contributed by atoms with Crippen molar-refractivity contribution in [2.75, 3.05) is 20.1 Å². The number of rotatable bonds is 3. The minimum Gasteiger partial charge on any atom is -0.467 e. The molecule has 0 bridgehead atoms. The summed E-state index contributed by atoms with van der Waals surface area (Å²) in [6.07, 6.45) is 1.65. The van der Waals surface area contributed by atoms with Gasteiger partial charge in [-0.05, 0) is 39.8 Å². The number of carbonyl (C=O) groups excluding carboxylic acids is 1. The smallest absolute Gasteiger partial charge is 0.242 e. The molecule has 0 unspecified atom stereocenters. The summed E-state index contributed by atoms with van der Waals surface area (Å²) in [6, 6.07) is 3.96. The summed E-state index contributed by atoms with van der Waals surface area (Å²) in [5.41, 5.74) is -0.230. The number of guanidine groups is 1. The molecule has 7 heteroatoms. The van der Waals surface area contributed by atoms with Gasteiger partial charge in [-0.25, -0.2) is 0 Å². The summed E-state index contributed by atoms with van der Waals surface area (Å²) < 4.78 is 5.32. The maximum absolute atomic E-state index is 12.5. The Balaban J connectivity index is 0.00000264. The van der Waals surface area contributed by atoms with E-state index in [0.717, 1.165) is 18.3 Å². The first-order valence-electron chi connectivity index (χ1n) is 7.65. The third-order valence-electron chi connectivity index (χ3n) is 3.85. The molecular formula is C16H27IN4O2. The molecule has 0 aliphatic carbocycles. The van der Waals surface area contributed by atoms with Crippen LogP contribution in [0.15, 0.2) is 27.8 Å². The number of halogens is 1. The Hall–Kier alpha value is -1.25. The third kappa shape index (κ3) is 4.62. The maximum atomic E-state index is 12.5. The van der Waals surface area contributed by atoms with Crippen molar-refractivity contribution >= 4 is 35.8 Å². The topological polar surface area (TPSA) is 61.1 Å². The van der Waals surface area contributed by atoms with Gasteiger partial charge in [0.05, 0.1) is 24.9 Å². The Morgan fingerprint density at radius 3 is 2.65 bits per heavy atom.